The minimum Gasteiger partial charge on any atom is -0.303 e. The Morgan fingerprint density at radius 3 is 2.67 bits per heavy atom. The van der Waals surface area contributed by atoms with Gasteiger partial charge in [0.2, 0.25) is 0 Å². The Morgan fingerprint density at radius 1 is 1.27 bits per heavy atom. The maximum atomic E-state index is 5.88. The van der Waals surface area contributed by atoms with E-state index in [9.17, 15) is 0 Å². The van der Waals surface area contributed by atoms with Gasteiger partial charge in [0, 0.05) is 18.7 Å². The Labute approximate surface area is 94.5 Å². The van der Waals surface area contributed by atoms with Crippen molar-refractivity contribution in [3.8, 4) is 0 Å². The molecule has 1 aromatic heterocycles. The molecule has 0 N–H and O–H groups in total. The summed E-state index contributed by atoms with van der Waals surface area (Å²) in [6, 6.07) is 0. The fourth-order valence-electron chi connectivity index (χ4n) is 2.83. The molecule has 4 heteroatoms. The molecule has 3 saturated heterocycles. The minimum absolute atomic E-state index is 0.518. The molecule has 3 aliphatic heterocycles. The molecular weight excluding hydrogens is 210 g/mol. The van der Waals surface area contributed by atoms with Crippen LogP contribution in [0.2, 0.25) is 5.15 Å². The van der Waals surface area contributed by atoms with Crippen LogP contribution in [0.25, 0.3) is 0 Å². The van der Waals surface area contributed by atoms with Crippen LogP contribution in [0.1, 0.15) is 24.5 Å². The Kier molecular flexibility index (Phi) is 2.37. The number of aromatic nitrogens is 2. The molecule has 0 aromatic carbocycles. The SMILES string of the molecule is Clc1cncc([C@@H]2CN3CCC2CC3)n1. The van der Waals surface area contributed by atoms with Crippen molar-refractivity contribution in [1.29, 1.82) is 0 Å². The van der Waals surface area contributed by atoms with Crippen LogP contribution in [0.5, 0.6) is 0 Å². The van der Waals surface area contributed by atoms with Gasteiger partial charge in [0.05, 0.1) is 11.9 Å². The summed E-state index contributed by atoms with van der Waals surface area (Å²) in [6.45, 7) is 3.66. The smallest absolute Gasteiger partial charge is 0.147 e. The molecule has 0 amide bonds. The summed E-state index contributed by atoms with van der Waals surface area (Å²) >= 11 is 5.88. The standard InChI is InChI=1S/C11H14ClN3/c12-11-6-13-5-10(14-11)9-7-15-3-1-8(9)2-4-15/h5-6,8-9H,1-4,7H2/t9-/m1/s1. The van der Waals surface area contributed by atoms with Gasteiger partial charge >= 0.3 is 0 Å². The molecule has 3 fully saturated rings. The van der Waals surface area contributed by atoms with E-state index in [0.717, 1.165) is 18.2 Å². The zero-order chi connectivity index (χ0) is 10.3. The van der Waals surface area contributed by atoms with Crippen molar-refractivity contribution in [2.75, 3.05) is 19.6 Å². The van der Waals surface area contributed by atoms with E-state index in [2.05, 4.69) is 14.9 Å². The Hall–Kier alpha value is -0.670. The highest BCUT2D eigenvalue weighted by molar-refractivity contribution is 6.29. The van der Waals surface area contributed by atoms with Crippen molar-refractivity contribution in [2.24, 2.45) is 5.92 Å². The number of nitrogens with zero attached hydrogens (tertiary/aromatic N) is 3. The van der Waals surface area contributed by atoms with E-state index < -0.39 is 0 Å². The lowest BCUT2D eigenvalue weighted by Crippen LogP contribution is -2.46. The van der Waals surface area contributed by atoms with E-state index in [1.807, 2.05) is 6.20 Å². The maximum Gasteiger partial charge on any atom is 0.147 e. The van der Waals surface area contributed by atoms with E-state index in [1.165, 1.54) is 25.9 Å². The van der Waals surface area contributed by atoms with E-state index in [-0.39, 0.29) is 0 Å². The lowest BCUT2D eigenvalue weighted by atomic mass is 9.77. The first-order valence-electron chi connectivity index (χ1n) is 5.53. The average Bonchev–Trinajstić information content (AvgIpc) is 2.30. The number of fused-ring (bicyclic) bond motifs is 3. The summed E-state index contributed by atoms with van der Waals surface area (Å²) in [6.07, 6.45) is 6.09. The van der Waals surface area contributed by atoms with E-state index in [4.69, 9.17) is 11.6 Å². The Bertz CT molecular complexity index is 361. The third-order valence-corrected chi connectivity index (χ3v) is 3.84. The van der Waals surface area contributed by atoms with Gasteiger partial charge in [-0.3, -0.25) is 4.98 Å². The zero-order valence-corrected chi connectivity index (χ0v) is 9.32. The fourth-order valence-corrected chi connectivity index (χ4v) is 2.99. The predicted molar refractivity (Wildman–Crippen MR) is 58.9 cm³/mol. The maximum absolute atomic E-state index is 5.88. The van der Waals surface area contributed by atoms with Crippen LogP contribution in [-0.4, -0.2) is 34.5 Å². The van der Waals surface area contributed by atoms with Gasteiger partial charge in [0.25, 0.3) is 0 Å². The van der Waals surface area contributed by atoms with Crippen LogP contribution in [0.15, 0.2) is 12.4 Å². The molecule has 4 heterocycles. The Balaban J connectivity index is 1.88. The van der Waals surface area contributed by atoms with Gasteiger partial charge < -0.3 is 4.90 Å². The van der Waals surface area contributed by atoms with E-state index in [1.54, 1.807) is 6.20 Å². The second kappa shape index (κ2) is 3.72. The van der Waals surface area contributed by atoms with Crippen molar-refractivity contribution in [3.63, 3.8) is 0 Å². The molecule has 1 aromatic rings. The largest absolute Gasteiger partial charge is 0.303 e. The highest BCUT2D eigenvalue weighted by Crippen LogP contribution is 2.37. The van der Waals surface area contributed by atoms with Crippen molar-refractivity contribution >= 4 is 11.6 Å². The van der Waals surface area contributed by atoms with Crippen molar-refractivity contribution in [3.05, 3.63) is 23.2 Å². The van der Waals surface area contributed by atoms with Gasteiger partial charge in [-0.25, -0.2) is 4.98 Å². The van der Waals surface area contributed by atoms with Gasteiger partial charge in [0.1, 0.15) is 5.15 Å². The molecule has 0 saturated carbocycles. The van der Waals surface area contributed by atoms with Crippen LogP contribution in [0.3, 0.4) is 0 Å². The number of halogens is 1. The average molecular weight is 224 g/mol. The topological polar surface area (TPSA) is 29.0 Å². The molecular formula is C11H14ClN3. The first-order chi connectivity index (χ1) is 7.33. The molecule has 15 heavy (non-hydrogen) atoms. The van der Waals surface area contributed by atoms with Crippen LogP contribution in [0.4, 0.5) is 0 Å². The molecule has 80 valence electrons. The van der Waals surface area contributed by atoms with Gasteiger partial charge in [-0.15, -0.1) is 0 Å². The van der Waals surface area contributed by atoms with Crippen LogP contribution >= 0.6 is 11.6 Å². The third kappa shape index (κ3) is 1.74. The van der Waals surface area contributed by atoms with E-state index >= 15 is 0 Å². The van der Waals surface area contributed by atoms with Gasteiger partial charge in [-0.2, -0.15) is 0 Å². The van der Waals surface area contributed by atoms with Crippen LogP contribution < -0.4 is 0 Å². The van der Waals surface area contributed by atoms with Crippen molar-refractivity contribution < 1.29 is 0 Å². The minimum atomic E-state index is 0.518. The fraction of sp³-hybridized carbons (Fsp3) is 0.636. The van der Waals surface area contributed by atoms with Crippen LogP contribution in [-0.2, 0) is 0 Å². The normalized spacial score (nSPS) is 34.3. The highest BCUT2D eigenvalue weighted by atomic mass is 35.5. The Morgan fingerprint density at radius 2 is 2.07 bits per heavy atom. The summed E-state index contributed by atoms with van der Waals surface area (Å²) in [5.74, 6) is 1.35. The molecule has 0 radical (unpaired) electrons. The van der Waals surface area contributed by atoms with Gasteiger partial charge in [0.15, 0.2) is 0 Å². The summed E-state index contributed by atoms with van der Waals surface area (Å²) in [5, 5.41) is 0.518. The summed E-state index contributed by atoms with van der Waals surface area (Å²) in [7, 11) is 0. The molecule has 0 unspecified atom stereocenters. The second-order valence-corrected chi connectivity index (χ2v) is 4.90. The van der Waals surface area contributed by atoms with Crippen molar-refractivity contribution in [1.82, 2.24) is 14.9 Å². The zero-order valence-electron chi connectivity index (χ0n) is 8.56. The molecule has 4 rings (SSSR count). The number of rotatable bonds is 1. The van der Waals surface area contributed by atoms with Gasteiger partial charge in [-0.05, 0) is 31.8 Å². The number of hydrogen-bond donors (Lipinski definition) is 0. The first-order valence-corrected chi connectivity index (χ1v) is 5.90. The summed E-state index contributed by atoms with van der Waals surface area (Å²) in [5.41, 5.74) is 1.08. The molecule has 3 nitrogen and oxygen atoms in total. The molecule has 0 aliphatic carbocycles. The number of piperidine rings is 3. The number of hydrogen-bond acceptors (Lipinski definition) is 3. The lowest BCUT2D eigenvalue weighted by Gasteiger charge is -2.44. The second-order valence-electron chi connectivity index (χ2n) is 4.51. The van der Waals surface area contributed by atoms with E-state index in [0.29, 0.717) is 11.1 Å². The molecule has 3 aliphatic rings. The monoisotopic (exact) mass is 223 g/mol. The predicted octanol–water partition coefficient (Wildman–Crippen LogP) is 1.94. The van der Waals surface area contributed by atoms with Crippen molar-refractivity contribution in [2.45, 2.75) is 18.8 Å². The molecule has 1 atom stereocenters. The van der Waals surface area contributed by atoms with Gasteiger partial charge in [-0.1, -0.05) is 11.6 Å². The third-order valence-electron chi connectivity index (χ3n) is 3.66. The first kappa shape index (κ1) is 9.55. The quantitative estimate of drug-likeness (QED) is 0.729. The highest BCUT2D eigenvalue weighted by Gasteiger charge is 2.35. The lowest BCUT2D eigenvalue weighted by molar-refractivity contribution is 0.0853. The van der Waals surface area contributed by atoms with Crippen LogP contribution in [0, 0.1) is 5.92 Å². The molecule has 0 spiro atoms. The summed E-state index contributed by atoms with van der Waals surface area (Å²) < 4.78 is 0. The summed E-state index contributed by atoms with van der Waals surface area (Å²) in [4.78, 5) is 11.0. The molecule has 2 bridgehead atoms.